The van der Waals surface area contributed by atoms with E-state index in [2.05, 4.69) is 10.3 Å². The second kappa shape index (κ2) is 6.73. The Labute approximate surface area is 119 Å². The van der Waals surface area contributed by atoms with E-state index in [0.717, 1.165) is 16.8 Å². The minimum atomic E-state index is 0.0109. The van der Waals surface area contributed by atoms with Gasteiger partial charge < -0.3 is 16.2 Å². The lowest BCUT2D eigenvalue weighted by molar-refractivity contribution is 0.280. The van der Waals surface area contributed by atoms with Gasteiger partial charge in [-0.2, -0.15) is 0 Å². The molecule has 4 N–H and O–H groups in total. The van der Waals surface area contributed by atoms with Crippen molar-refractivity contribution in [2.45, 2.75) is 20.1 Å². The van der Waals surface area contributed by atoms with Crippen molar-refractivity contribution < 1.29 is 5.11 Å². The summed E-state index contributed by atoms with van der Waals surface area (Å²) in [4.78, 5) is 4.29. The Balaban J connectivity index is 2.02. The van der Waals surface area contributed by atoms with E-state index in [0.29, 0.717) is 12.5 Å². The standard InChI is InChI=1S/C16H19N3O/c1-12-6-8-15(9-7-12)19-16(17)18-10-13-4-2-3-5-14(13)11-20/h2-9,20H,10-11H2,1H3,(H3,17,18,19). The summed E-state index contributed by atoms with van der Waals surface area (Å²) in [5.74, 6) is 0.363. The zero-order chi connectivity index (χ0) is 14.4. The van der Waals surface area contributed by atoms with E-state index in [-0.39, 0.29) is 6.61 Å². The maximum Gasteiger partial charge on any atom is 0.193 e. The molecule has 0 bridgehead atoms. The number of aliphatic hydroxyl groups excluding tert-OH is 1. The number of hydrogen-bond acceptors (Lipinski definition) is 2. The van der Waals surface area contributed by atoms with E-state index in [1.54, 1.807) is 0 Å². The summed E-state index contributed by atoms with van der Waals surface area (Å²) in [7, 11) is 0. The van der Waals surface area contributed by atoms with Gasteiger partial charge in [-0.05, 0) is 30.2 Å². The molecule has 0 aliphatic heterocycles. The molecule has 0 amide bonds. The molecule has 0 aliphatic rings. The highest BCUT2D eigenvalue weighted by Crippen LogP contribution is 2.11. The second-order valence-electron chi connectivity index (χ2n) is 4.62. The van der Waals surface area contributed by atoms with E-state index in [1.807, 2.05) is 55.5 Å². The van der Waals surface area contributed by atoms with E-state index in [4.69, 9.17) is 5.73 Å². The molecule has 0 atom stereocenters. The molecule has 0 spiro atoms. The first-order chi connectivity index (χ1) is 9.69. The Morgan fingerprint density at radius 1 is 1.10 bits per heavy atom. The van der Waals surface area contributed by atoms with Crippen molar-refractivity contribution in [2.24, 2.45) is 10.7 Å². The van der Waals surface area contributed by atoms with E-state index in [1.165, 1.54) is 5.56 Å². The molecule has 0 aliphatic carbocycles. The molecular formula is C16H19N3O. The maximum atomic E-state index is 9.25. The number of aliphatic hydroxyl groups is 1. The number of hydrogen-bond donors (Lipinski definition) is 3. The van der Waals surface area contributed by atoms with Crippen molar-refractivity contribution in [1.29, 1.82) is 0 Å². The monoisotopic (exact) mass is 269 g/mol. The molecule has 4 heteroatoms. The molecule has 0 saturated carbocycles. The first-order valence-electron chi connectivity index (χ1n) is 6.50. The van der Waals surface area contributed by atoms with Gasteiger partial charge in [0, 0.05) is 5.69 Å². The number of benzene rings is 2. The lowest BCUT2D eigenvalue weighted by Crippen LogP contribution is -2.22. The van der Waals surface area contributed by atoms with Gasteiger partial charge in [0.2, 0.25) is 0 Å². The fourth-order valence-corrected chi connectivity index (χ4v) is 1.86. The van der Waals surface area contributed by atoms with Gasteiger partial charge in [0.25, 0.3) is 0 Å². The zero-order valence-corrected chi connectivity index (χ0v) is 11.5. The van der Waals surface area contributed by atoms with E-state index in [9.17, 15) is 5.11 Å². The van der Waals surface area contributed by atoms with Gasteiger partial charge >= 0.3 is 0 Å². The van der Waals surface area contributed by atoms with Gasteiger partial charge in [-0.1, -0.05) is 42.0 Å². The number of nitrogens with two attached hydrogens (primary N) is 1. The Hall–Kier alpha value is -2.33. The van der Waals surface area contributed by atoms with Crippen LogP contribution in [0.4, 0.5) is 5.69 Å². The molecule has 104 valence electrons. The first-order valence-corrected chi connectivity index (χ1v) is 6.50. The van der Waals surface area contributed by atoms with Gasteiger partial charge in [-0.15, -0.1) is 0 Å². The smallest absolute Gasteiger partial charge is 0.193 e. The Morgan fingerprint density at radius 3 is 2.40 bits per heavy atom. The molecule has 0 saturated heterocycles. The summed E-state index contributed by atoms with van der Waals surface area (Å²) >= 11 is 0. The van der Waals surface area contributed by atoms with Crippen LogP contribution in [0.25, 0.3) is 0 Å². The summed E-state index contributed by atoms with van der Waals surface area (Å²) in [5, 5.41) is 12.3. The lowest BCUT2D eigenvalue weighted by Gasteiger charge is -2.07. The summed E-state index contributed by atoms with van der Waals surface area (Å²) in [5.41, 5.74) is 9.82. The first kappa shape index (κ1) is 14.1. The van der Waals surface area contributed by atoms with Crippen LogP contribution < -0.4 is 11.1 Å². The zero-order valence-electron chi connectivity index (χ0n) is 11.5. The van der Waals surface area contributed by atoms with Gasteiger partial charge in [0.15, 0.2) is 5.96 Å². The number of rotatable bonds is 4. The normalized spacial score (nSPS) is 11.4. The van der Waals surface area contributed by atoms with Crippen LogP contribution >= 0.6 is 0 Å². The fourth-order valence-electron chi connectivity index (χ4n) is 1.86. The third kappa shape index (κ3) is 3.83. The number of nitrogens with one attached hydrogen (secondary N) is 1. The number of aliphatic imine (C=N–C) groups is 1. The molecule has 2 rings (SSSR count). The summed E-state index contributed by atoms with van der Waals surface area (Å²) < 4.78 is 0. The minimum absolute atomic E-state index is 0.0109. The third-order valence-corrected chi connectivity index (χ3v) is 3.03. The van der Waals surface area contributed by atoms with Crippen molar-refractivity contribution >= 4 is 11.6 Å². The third-order valence-electron chi connectivity index (χ3n) is 3.03. The average Bonchev–Trinajstić information content (AvgIpc) is 2.48. The molecule has 2 aromatic carbocycles. The van der Waals surface area contributed by atoms with Gasteiger partial charge in [-0.25, -0.2) is 4.99 Å². The van der Waals surface area contributed by atoms with Crippen LogP contribution in [0, 0.1) is 6.92 Å². The molecular weight excluding hydrogens is 250 g/mol. The van der Waals surface area contributed by atoms with Crippen LogP contribution in [0.5, 0.6) is 0 Å². The predicted octanol–water partition coefficient (Wildman–Crippen LogP) is 2.41. The highest BCUT2D eigenvalue weighted by molar-refractivity contribution is 5.92. The number of aryl methyl sites for hydroxylation is 1. The SMILES string of the molecule is Cc1ccc(NC(N)=NCc2ccccc2CO)cc1. The lowest BCUT2D eigenvalue weighted by atomic mass is 10.1. The molecule has 0 aromatic heterocycles. The van der Waals surface area contributed by atoms with Gasteiger partial charge in [-0.3, -0.25) is 0 Å². The largest absolute Gasteiger partial charge is 0.392 e. The van der Waals surface area contributed by atoms with Crippen LogP contribution in [-0.2, 0) is 13.2 Å². The Morgan fingerprint density at radius 2 is 1.75 bits per heavy atom. The van der Waals surface area contributed by atoms with Crippen molar-refractivity contribution in [3.63, 3.8) is 0 Å². The maximum absolute atomic E-state index is 9.25. The quantitative estimate of drug-likeness (QED) is 0.589. The minimum Gasteiger partial charge on any atom is -0.392 e. The Kier molecular flexibility index (Phi) is 4.74. The highest BCUT2D eigenvalue weighted by Gasteiger charge is 2.00. The van der Waals surface area contributed by atoms with Crippen molar-refractivity contribution in [3.8, 4) is 0 Å². The van der Waals surface area contributed by atoms with Gasteiger partial charge in [0.1, 0.15) is 0 Å². The van der Waals surface area contributed by atoms with Crippen molar-refractivity contribution in [1.82, 2.24) is 0 Å². The highest BCUT2D eigenvalue weighted by atomic mass is 16.3. The molecule has 4 nitrogen and oxygen atoms in total. The molecule has 20 heavy (non-hydrogen) atoms. The Bertz CT molecular complexity index is 591. The molecule has 0 heterocycles. The summed E-state index contributed by atoms with van der Waals surface area (Å²) in [6, 6.07) is 15.6. The number of anilines is 1. The van der Waals surface area contributed by atoms with E-state index < -0.39 is 0 Å². The molecule has 2 aromatic rings. The van der Waals surface area contributed by atoms with Crippen LogP contribution in [0.2, 0.25) is 0 Å². The van der Waals surface area contributed by atoms with Gasteiger partial charge in [0.05, 0.1) is 13.2 Å². The molecule has 0 fully saturated rings. The number of nitrogens with zero attached hydrogens (tertiary/aromatic N) is 1. The van der Waals surface area contributed by atoms with Crippen molar-refractivity contribution in [2.75, 3.05) is 5.32 Å². The summed E-state index contributed by atoms with van der Waals surface area (Å²) in [6.45, 7) is 2.49. The molecule has 0 unspecified atom stereocenters. The van der Waals surface area contributed by atoms with E-state index >= 15 is 0 Å². The van der Waals surface area contributed by atoms with Crippen LogP contribution in [0.1, 0.15) is 16.7 Å². The van der Waals surface area contributed by atoms with Crippen molar-refractivity contribution in [3.05, 3.63) is 65.2 Å². The van der Waals surface area contributed by atoms with Crippen LogP contribution in [0.15, 0.2) is 53.5 Å². The number of guanidine groups is 1. The predicted molar refractivity (Wildman–Crippen MR) is 82.5 cm³/mol. The summed E-state index contributed by atoms with van der Waals surface area (Å²) in [6.07, 6.45) is 0. The average molecular weight is 269 g/mol. The second-order valence-corrected chi connectivity index (χ2v) is 4.62. The van der Waals surface area contributed by atoms with Crippen LogP contribution in [0.3, 0.4) is 0 Å². The fraction of sp³-hybridized carbons (Fsp3) is 0.188. The van der Waals surface area contributed by atoms with Crippen LogP contribution in [-0.4, -0.2) is 11.1 Å². The topological polar surface area (TPSA) is 70.6 Å². The molecule has 0 radical (unpaired) electrons.